The summed E-state index contributed by atoms with van der Waals surface area (Å²) in [5.41, 5.74) is 13.4. The molecular weight excluding hydrogens is 218 g/mol. The zero-order valence-corrected chi connectivity index (χ0v) is 10.0. The number of benzene rings is 1. The summed E-state index contributed by atoms with van der Waals surface area (Å²) >= 11 is 0. The number of nitrogens with one attached hydrogen (secondary N) is 1. The third kappa shape index (κ3) is 2.81. The van der Waals surface area contributed by atoms with Crippen molar-refractivity contribution in [3.63, 3.8) is 0 Å². The van der Waals surface area contributed by atoms with E-state index in [1.165, 1.54) is 0 Å². The van der Waals surface area contributed by atoms with Gasteiger partial charge in [-0.25, -0.2) is 0 Å². The van der Waals surface area contributed by atoms with Crippen LogP contribution in [0.3, 0.4) is 0 Å². The highest BCUT2D eigenvalue weighted by atomic mass is 16.6. The minimum Gasteiger partial charge on any atom is -0.486 e. The molecule has 1 aromatic rings. The van der Waals surface area contributed by atoms with Gasteiger partial charge in [0.2, 0.25) is 0 Å². The van der Waals surface area contributed by atoms with Crippen molar-refractivity contribution in [3.05, 3.63) is 17.7 Å². The summed E-state index contributed by atoms with van der Waals surface area (Å²) in [4.78, 5) is 0. The molecule has 5 heteroatoms. The molecule has 0 aliphatic carbocycles. The number of hydrogen-bond acceptors (Lipinski definition) is 5. The summed E-state index contributed by atoms with van der Waals surface area (Å²) < 4.78 is 11.0. The minimum absolute atomic E-state index is 0.0393. The number of aryl methyl sites for hydroxylation is 1. The Morgan fingerprint density at radius 3 is 2.59 bits per heavy atom. The summed E-state index contributed by atoms with van der Waals surface area (Å²) in [6.45, 7) is 4.34. The Bertz CT molecular complexity index is 396. The van der Waals surface area contributed by atoms with Gasteiger partial charge in [0.05, 0.1) is 0 Å². The first-order chi connectivity index (χ1) is 8.20. The normalized spacial score (nSPS) is 15.5. The topological polar surface area (TPSA) is 82.5 Å². The Labute approximate surface area is 101 Å². The quantitative estimate of drug-likeness (QED) is 0.709. The van der Waals surface area contributed by atoms with E-state index < -0.39 is 0 Å². The lowest BCUT2D eigenvalue weighted by molar-refractivity contribution is 0.171. The van der Waals surface area contributed by atoms with Gasteiger partial charge in [0, 0.05) is 30.9 Å². The summed E-state index contributed by atoms with van der Waals surface area (Å²) in [6, 6.07) is 3.89. The van der Waals surface area contributed by atoms with Gasteiger partial charge in [0.15, 0.2) is 11.5 Å². The van der Waals surface area contributed by atoms with E-state index in [9.17, 15) is 0 Å². The molecule has 1 aromatic carbocycles. The monoisotopic (exact) mass is 237 g/mol. The average molecular weight is 237 g/mol. The number of fused-ring (bicyclic) bond motifs is 1. The van der Waals surface area contributed by atoms with Crippen LogP contribution in [0.4, 0.5) is 5.69 Å². The highest BCUT2D eigenvalue weighted by molar-refractivity contribution is 5.60. The van der Waals surface area contributed by atoms with Crippen LogP contribution in [0.5, 0.6) is 11.5 Å². The molecular formula is C12H19N3O2. The van der Waals surface area contributed by atoms with Crippen LogP contribution in [-0.4, -0.2) is 32.3 Å². The molecule has 1 unspecified atom stereocenters. The number of hydrogen-bond donors (Lipinski definition) is 3. The Hall–Kier alpha value is -1.46. The minimum atomic E-state index is -0.0393. The lowest BCUT2D eigenvalue weighted by Gasteiger charge is -2.21. The van der Waals surface area contributed by atoms with Gasteiger partial charge in [0.25, 0.3) is 0 Å². The molecule has 17 heavy (non-hydrogen) atoms. The van der Waals surface area contributed by atoms with Crippen LogP contribution in [0, 0.1) is 6.92 Å². The second-order valence-electron chi connectivity index (χ2n) is 4.19. The molecule has 0 bridgehead atoms. The molecule has 1 atom stereocenters. The molecule has 0 aromatic heterocycles. The van der Waals surface area contributed by atoms with Gasteiger partial charge >= 0.3 is 0 Å². The lowest BCUT2D eigenvalue weighted by atomic mass is 10.1. The van der Waals surface area contributed by atoms with Crippen molar-refractivity contribution < 1.29 is 9.47 Å². The van der Waals surface area contributed by atoms with E-state index in [-0.39, 0.29) is 6.04 Å². The van der Waals surface area contributed by atoms with Gasteiger partial charge in [-0.2, -0.15) is 0 Å². The van der Waals surface area contributed by atoms with Gasteiger partial charge in [-0.3, -0.25) is 0 Å². The number of ether oxygens (including phenoxy) is 2. The maximum Gasteiger partial charge on any atom is 0.163 e. The first-order valence-corrected chi connectivity index (χ1v) is 5.80. The second kappa shape index (κ2) is 5.25. The maximum atomic E-state index is 5.77. The maximum absolute atomic E-state index is 5.77. The van der Waals surface area contributed by atoms with Gasteiger partial charge in [-0.05, 0) is 18.6 Å². The van der Waals surface area contributed by atoms with Crippen LogP contribution in [0.2, 0.25) is 0 Å². The number of rotatable bonds is 4. The Morgan fingerprint density at radius 2 is 1.94 bits per heavy atom. The number of nitrogens with two attached hydrogens (primary N) is 2. The van der Waals surface area contributed by atoms with Crippen LogP contribution < -0.4 is 26.3 Å². The molecule has 0 fully saturated rings. The first kappa shape index (κ1) is 12.0. The molecule has 94 valence electrons. The molecule has 5 nitrogen and oxygen atoms in total. The zero-order valence-electron chi connectivity index (χ0n) is 10.0. The average Bonchev–Trinajstić information content (AvgIpc) is 2.35. The molecule has 0 radical (unpaired) electrons. The fourth-order valence-electron chi connectivity index (χ4n) is 1.71. The van der Waals surface area contributed by atoms with Gasteiger partial charge < -0.3 is 26.3 Å². The first-order valence-electron chi connectivity index (χ1n) is 5.80. The van der Waals surface area contributed by atoms with E-state index in [4.69, 9.17) is 20.9 Å². The number of anilines is 1. The molecule has 0 amide bonds. The van der Waals surface area contributed by atoms with Crippen LogP contribution in [-0.2, 0) is 0 Å². The van der Waals surface area contributed by atoms with Crippen molar-refractivity contribution >= 4 is 5.69 Å². The molecule has 0 saturated carbocycles. The smallest absolute Gasteiger partial charge is 0.163 e. The van der Waals surface area contributed by atoms with Crippen molar-refractivity contribution in [3.8, 4) is 11.5 Å². The third-order valence-electron chi connectivity index (χ3n) is 2.75. The zero-order chi connectivity index (χ0) is 12.3. The van der Waals surface area contributed by atoms with E-state index >= 15 is 0 Å². The van der Waals surface area contributed by atoms with Crippen molar-refractivity contribution in [2.45, 2.75) is 13.0 Å². The summed E-state index contributed by atoms with van der Waals surface area (Å²) in [6.07, 6.45) is 0. The van der Waals surface area contributed by atoms with Crippen LogP contribution in [0.1, 0.15) is 5.56 Å². The van der Waals surface area contributed by atoms with Gasteiger partial charge in [0.1, 0.15) is 13.2 Å². The van der Waals surface area contributed by atoms with Gasteiger partial charge in [-0.1, -0.05) is 0 Å². The fraction of sp³-hybridized carbons (Fsp3) is 0.500. The van der Waals surface area contributed by atoms with Crippen molar-refractivity contribution in [1.29, 1.82) is 0 Å². The molecule has 0 spiro atoms. The molecule has 0 saturated heterocycles. The Balaban J connectivity index is 2.11. The predicted molar refractivity (Wildman–Crippen MR) is 67.7 cm³/mol. The Morgan fingerprint density at radius 1 is 1.29 bits per heavy atom. The van der Waals surface area contributed by atoms with Crippen molar-refractivity contribution in [2.75, 3.05) is 31.6 Å². The van der Waals surface area contributed by atoms with Crippen molar-refractivity contribution in [1.82, 2.24) is 0 Å². The van der Waals surface area contributed by atoms with Crippen LogP contribution >= 0.6 is 0 Å². The van der Waals surface area contributed by atoms with Crippen molar-refractivity contribution in [2.24, 2.45) is 11.5 Å². The van der Waals surface area contributed by atoms with E-state index in [2.05, 4.69) is 5.32 Å². The highest BCUT2D eigenvalue weighted by Crippen LogP contribution is 2.35. The highest BCUT2D eigenvalue weighted by Gasteiger charge is 2.14. The largest absolute Gasteiger partial charge is 0.486 e. The Kier molecular flexibility index (Phi) is 3.71. The van der Waals surface area contributed by atoms with E-state index in [0.29, 0.717) is 26.3 Å². The van der Waals surface area contributed by atoms with E-state index in [1.54, 1.807) is 0 Å². The van der Waals surface area contributed by atoms with Crippen LogP contribution in [0.25, 0.3) is 0 Å². The van der Waals surface area contributed by atoms with E-state index in [0.717, 1.165) is 22.7 Å². The predicted octanol–water partition coefficient (Wildman–Crippen LogP) is 0.464. The summed E-state index contributed by atoms with van der Waals surface area (Å²) in [5, 5.41) is 3.27. The fourth-order valence-corrected chi connectivity index (χ4v) is 1.71. The molecule has 2 rings (SSSR count). The van der Waals surface area contributed by atoms with Crippen LogP contribution in [0.15, 0.2) is 12.1 Å². The molecule has 1 aliphatic heterocycles. The standard InChI is InChI=1S/C12H19N3O2/c1-8-4-11-12(17-3-2-16-11)5-10(8)15-7-9(14)6-13/h4-5,9,15H,2-3,6-7,13-14H2,1H3. The molecule has 5 N–H and O–H groups in total. The van der Waals surface area contributed by atoms with E-state index in [1.807, 2.05) is 19.1 Å². The SMILES string of the molecule is Cc1cc2c(cc1NCC(N)CN)OCCO2. The summed E-state index contributed by atoms with van der Waals surface area (Å²) in [5.74, 6) is 1.59. The van der Waals surface area contributed by atoms with Gasteiger partial charge in [-0.15, -0.1) is 0 Å². The second-order valence-corrected chi connectivity index (χ2v) is 4.19. The lowest BCUT2D eigenvalue weighted by Crippen LogP contribution is -2.36. The molecule has 1 aliphatic rings. The third-order valence-corrected chi connectivity index (χ3v) is 2.75. The summed E-state index contributed by atoms with van der Waals surface area (Å²) in [7, 11) is 0. The molecule has 1 heterocycles.